The van der Waals surface area contributed by atoms with Crippen molar-refractivity contribution in [2.75, 3.05) is 0 Å². The molecule has 0 N–H and O–H groups in total. The van der Waals surface area contributed by atoms with Crippen LogP contribution in [0.25, 0.3) is 98.2 Å². The summed E-state index contributed by atoms with van der Waals surface area (Å²) < 4.78 is 1.19. The molecule has 0 saturated heterocycles. The summed E-state index contributed by atoms with van der Waals surface area (Å²) in [5.74, 6) is 0. The second-order valence-corrected chi connectivity index (χ2v) is 14.4. The molecule has 0 amide bonds. The Bertz CT molecular complexity index is 2930. The standard InChI is InChI=1S/C50H32N2S/c1-3-13-34(14-4-1)44-32-46(51-45-22-12-11-21-42(44)45)41-20-10-9-19-40(41)43-29-27-35-15-7-8-18-39(35)49(43)36-25-23-33(24-26-36)38-28-30-48-47(31-38)52-50(53-48)37-16-5-2-6-17-37/h1-32H. The lowest BCUT2D eigenvalue weighted by molar-refractivity contribution is 1.40. The van der Waals surface area contributed by atoms with Gasteiger partial charge >= 0.3 is 0 Å². The summed E-state index contributed by atoms with van der Waals surface area (Å²) >= 11 is 1.74. The Morgan fingerprint density at radius 2 is 0.981 bits per heavy atom. The molecule has 0 atom stereocenters. The van der Waals surface area contributed by atoms with Crippen molar-refractivity contribution in [1.82, 2.24) is 9.97 Å². The van der Waals surface area contributed by atoms with Crippen molar-refractivity contribution in [2.24, 2.45) is 0 Å². The van der Waals surface area contributed by atoms with Gasteiger partial charge in [0, 0.05) is 16.5 Å². The van der Waals surface area contributed by atoms with Gasteiger partial charge < -0.3 is 0 Å². The number of hydrogen-bond acceptors (Lipinski definition) is 3. The van der Waals surface area contributed by atoms with Gasteiger partial charge in [0.05, 0.1) is 21.4 Å². The van der Waals surface area contributed by atoms with E-state index < -0.39 is 0 Å². The first-order valence-corrected chi connectivity index (χ1v) is 18.7. The van der Waals surface area contributed by atoms with Gasteiger partial charge in [0.2, 0.25) is 0 Å². The van der Waals surface area contributed by atoms with Crippen molar-refractivity contribution in [3.63, 3.8) is 0 Å². The molecule has 10 aromatic rings. The molecule has 0 spiro atoms. The van der Waals surface area contributed by atoms with Crippen molar-refractivity contribution < 1.29 is 0 Å². The summed E-state index contributed by atoms with van der Waals surface area (Å²) in [6, 6.07) is 69.3. The second-order valence-electron chi connectivity index (χ2n) is 13.3. The average molecular weight is 693 g/mol. The van der Waals surface area contributed by atoms with Crippen LogP contribution in [-0.4, -0.2) is 9.97 Å². The highest BCUT2D eigenvalue weighted by Gasteiger charge is 2.18. The average Bonchev–Trinajstić information content (AvgIpc) is 3.67. The predicted molar refractivity (Wildman–Crippen MR) is 225 cm³/mol. The molecule has 8 aromatic carbocycles. The highest BCUT2D eigenvalue weighted by atomic mass is 32.1. The van der Waals surface area contributed by atoms with Crippen LogP contribution in [0.1, 0.15) is 0 Å². The van der Waals surface area contributed by atoms with Gasteiger partial charge in [-0.05, 0) is 79.5 Å². The lowest BCUT2D eigenvalue weighted by Gasteiger charge is -2.18. The molecule has 2 nitrogen and oxygen atoms in total. The van der Waals surface area contributed by atoms with E-state index in [1.54, 1.807) is 11.3 Å². The molecule has 3 heteroatoms. The number of hydrogen-bond donors (Lipinski definition) is 0. The van der Waals surface area contributed by atoms with Crippen LogP contribution >= 0.6 is 11.3 Å². The van der Waals surface area contributed by atoms with Crippen LogP contribution in [0.5, 0.6) is 0 Å². The molecule has 0 bridgehead atoms. The number of para-hydroxylation sites is 1. The first-order chi connectivity index (χ1) is 26.3. The van der Waals surface area contributed by atoms with Crippen LogP contribution in [0.15, 0.2) is 194 Å². The third-order valence-electron chi connectivity index (χ3n) is 10.1. The molecule has 53 heavy (non-hydrogen) atoms. The summed E-state index contributed by atoms with van der Waals surface area (Å²) in [5.41, 5.74) is 14.7. The van der Waals surface area contributed by atoms with E-state index in [9.17, 15) is 0 Å². The zero-order chi connectivity index (χ0) is 35.1. The highest BCUT2D eigenvalue weighted by molar-refractivity contribution is 7.21. The number of thiazole rings is 1. The maximum atomic E-state index is 5.26. The molecule has 0 unspecified atom stereocenters. The Morgan fingerprint density at radius 1 is 0.340 bits per heavy atom. The van der Waals surface area contributed by atoms with E-state index in [1.807, 2.05) is 6.07 Å². The molecule has 0 aliphatic carbocycles. The van der Waals surface area contributed by atoms with Crippen LogP contribution in [-0.2, 0) is 0 Å². The Balaban J connectivity index is 1.10. The summed E-state index contributed by atoms with van der Waals surface area (Å²) in [6.07, 6.45) is 0. The molecule has 248 valence electrons. The normalized spacial score (nSPS) is 11.4. The first kappa shape index (κ1) is 31.1. The van der Waals surface area contributed by atoms with Crippen molar-refractivity contribution in [3.05, 3.63) is 194 Å². The molecular formula is C50H32N2S. The Morgan fingerprint density at radius 3 is 1.79 bits per heavy atom. The topological polar surface area (TPSA) is 25.8 Å². The quantitative estimate of drug-likeness (QED) is 0.173. The monoisotopic (exact) mass is 692 g/mol. The van der Waals surface area contributed by atoms with Crippen molar-refractivity contribution in [2.45, 2.75) is 0 Å². The minimum absolute atomic E-state index is 0.959. The smallest absolute Gasteiger partial charge is 0.124 e. The summed E-state index contributed by atoms with van der Waals surface area (Å²) in [5, 5.41) is 4.64. The summed E-state index contributed by atoms with van der Waals surface area (Å²) in [7, 11) is 0. The molecule has 0 saturated carbocycles. The largest absolute Gasteiger partial charge is 0.248 e. The molecule has 0 radical (unpaired) electrons. The number of benzene rings is 8. The third kappa shape index (κ3) is 5.68. The minimum Gasteiger partial charge on any atom is -0.248 e. The van der Waals surface area contributed by atoms with Crippen LogP contribution in [0.3, 0.4) is 0 Å². The van der Waals surface area contributed by atoms with E-state index in [2.05, 4.69) is 188 Å². The molecular weight excluding hydrogens is 661 g/mol. The van der Waals surface area contributed by atoms with E-state index in [1.165, 1.54) is 48.9 Å². The zero-order valence-corrected chi connectivity index (χ0v) is 29.6. The minimum atomic E-state index is 0.959. The Labute approximate surface area is 312 Å². The number of rotatable bonds is 6. The van der Waals surface area contributed by atoms with Crippen molar-refractivity contribution in [1.29, 1.82) is 0 Å². The number of fused-ring (bicyclic) bond motifs is 3. The van der Waals surface area contributed by atoms with E-state index in [4.69, 9.17) is 9.97 Å². The van der Waals surface area contributed by atoms with Gasteiger partial charge in [0.25, 0.3) is 0 Å². The lowest BCUT2D eigenvalue weighted by atomic mass is 9.86. The fourth-order valence-electron chi connectivity index (χ4n) is 7.56. The maximum absolute atomic E-state index is 5.26. The van der Waals surface area contributed by atoms with Gasteiger partial charge in [-0.1, -0.05) is 170 Å². The van der Waals surface area contributed by atoms with E-state index in [-0.39, 0.29) is 0 Å². The molecule has 2 heterocycles. The van der Waals surface area contributed by atoms with Gasteiger partial charge in [-0.2, -0.15) is 0 Å². The lowest BCUT2D eigenvalue weighted by Crippen LogP contribution is -1.94. The van der Waals surface area contributed by atoms with E-state index in [0.29, 0.717) is 0 Å². The van der Waals surface area contributed by atoms with Gasteiger partial charge in [-0.15, -0.1) is 11.3 Å². The summed E-state index contributed by atoms with van der Waals surface area (Å²) in [6.45, 7) is 0. The van der Waals surface area contributed by atoms with Gasteiger partial charge in [0.15, 0.2) is 0 Å². The van der Waals surface area contributed by atoms with Crippen molar-refractivity contribution in [3.8, 4) is 66.3 Å². The zero-order valence-electron chi connectivity index (χ0n) is 28.8. The highest BCUT2D eigenvalue weighted by Crippen LogP contribution is 2.43. The predicted octanol–water partition coefficient (Wildman–Crippen LogP) is 14.0. The fraction of sp³-hybridized carbons (Fsp3) is 0. The van der Waals surface area contributed by atoms with Crippen molar-refractivity contribution >= 4 is 43.2 Å². The first-order valence-electron chi connectivity index (χ1n) is 17.9. The van der Waals surface area contributed by atoms with Crippen LogP contribution in [0.2, 0.25) is 0 Å². The van der Waals surface area contributed by atoms with Gasteiger partial charge in [-0.25, -0.2) is 9.97 Å². The SMILES string of the molecule is c1ccc(-c2nc3cc(-c4ccc(-c5c(-c6ccccc6-c6cc(-c7ccccc7)c7ccccc7n6)ccc6ccccc56)cc4)ccc3s2)cc1. The third-order valence-corrected chi connectivity index (χ3v) is 11.2. The van der Waals surface area contributed by atoms with Gasteiger partial charge in [0.1, 0.15) is 5.01 Å². The van der Waals surface area contributed by atoms with Crippen LogP contribution < -0.4 is 0 Å². The number of pyridine rings is 1. The van der Waals surface area contributed by atoms with E-state index in [0.717, 1.165) is 49.4 Å². The molecule has 0 aliphatic heterocycles. The molecule has 0 fully saturated rings. The summed E-state index contributed by atoms with van der Waals surface area (Å²) in [4.78, 5) is 10.3. The van der Waals surface area contributed by atoms with Crippen LogP contribution in [0.4, 0.5) is 0 Å². The number of aromatic nitrogens is 2. The Kier molecular flexibility index (Phi) is 7.71. The van der Waals surface area contributed by atoms with Crippen LogP contribution in [0, 0.1) is 0 Å². The molecule has 2 aromatic heterocycles. The number of nitrogens with zero attached hydrogens (tertiary/aromatic N) is 2. The molecule has 0 aliphatic rings. The van der Waals surface area contributed by atoms with Gasteiger partial charge in [-0.3, -0.25) is 0 Å². The Hall–Kier alpha value is -6.68. The maximum Gasteiger partial charge on any atom is 0.124 e. The second kappa shape index (κ2) is 13.1. The fourth-order valence-corrected chi connectivity index (χ4v) is 8.51. The van der Waals surface area contributed by atoms with E-state index >= 15 is 0 Å². The molecule has 10 rings (SSSR count).